The lowest BCUT2D eigenvalue weighted by Gasteiger charge is -2.22. The molecular formula is C18H30N2O3. The minimum Gasteiger partial charge on any atom is -0.493 e. The minimum absolute atomic E-state index is 0.251. The lowest BCUT2D eigenvalue weighted by molar-refractivity contribution is 0.0705. The molecule has 0 aliphatic carbocycles. The summed E-state index contributed by atoms with van der Waals surface area (Å²) in [7, 11) is 1.62. The predicted octanol–water partition coefficient (Wildman–Crippen LogP) is 2.05. The summed E-state index contributed by atoms with van der Waals surface area (Å²) in [5, 5.41) is 13.3. The summed E-state index contributed by atoms with van der Waals surface area (Å²) in [6, 6.07) is 5.82. The number of hydrogen-bond acceptors (Lipinski definition) is 5. The van der Waals surface area contributed by atoms with Crippen molar-refractivity contribution in [2.75, 3.05) is 39.9 Å². The molecule has 0 radical (unpaired) electrons. The highest BCUT2D eigenvalue weighted by molar-refractivity contribution is 5.43. The number of methoxy groups -OCH3 is 1. The van der Waals surface area contributed by atoms with Gasteiger partial charge in [0, 0.05) is 19.6 Å². The molecule has 0 bridgehead atoms. The third-order valence-corrected chi connectivity index (χ3v) is 3.64. The molecule has 130 valence electrons. The highest BCUT2D eigenvalue weighted by Crippen LogP contribution is 2.28. The Morgan fingerprint density at radius 1 is 1.30 bits per heavy atom. The summed E-state index contributed by atoms with van der Waals surface area (Å²) < 4.78 is 11.1. The Kier molecular flexibility index (Phi) is 9.36. The standard InChI is InChI=1S/C18H30N2O3/c1-5-10-19-12-15-8-9-17(18(11-15)22-4)23-14-16(21)13-20(6-2)7-3/h5,8-9,11,16,19,21H,1,6-7,10,12-14H2,2-4H3. The normalized spacial score (nSPS) is 12.2. The molecule has 0 fully saturated rings. The Morgan fingerprint density at radius 3 is 2.65 bits per heavy atom. The van der Waals surface area contributed by atoms with Gasteiger partial charge >= 0.3 is 0 Å². The monoisotopic (exact) mass is 322 g/mol. The molecule has 5 nitrogen and oxygen atoms in total. The largest absolute Gasteiger partial charge is 0.493 e. The third kappa shape index (κ3) is 7.03. The predicted molar refractivity (Wildman–Crippen MR) is 94.2 cm³/mol. The van der Waals surface area contributed by atoms with Gasteiger partial charge in [-0.15, -0.1) is 6.58 Å². The van der Waals surface area contributed by atoms with Gasteiger partial charge in [0.15, 0.2) is 11.5 Å². The number of ether oxygens (including phenoxy) is 2. The average molecular weight is 322 g/mol. The first-order chi connectivity index (χ1) is 11.1. The number of rotatable bonds is 12. The van der Waals surface area contributed by atoms with Crippen LogP contribution < -0.4 is 14.8 Å². The highest BCUT2D eigenvalue weighted by atomic mass is 16.5. The average Bonchev–Trinajstić information content (AvgIpc) is 2.58. The van der Waals surface area contributed by atoms with Gasteiger partial charge < -0.3 is 24.8 Å². The first kappa shape index (κ1) is 19.5. The van der Waals surface area contributed by atoms with E-state index in [1.165, 1.54) is 0 Å². The van der Waals surface area contributed by atoms with Crippen LogP contribution >= 0.6 is 0 Å². The van der Waals surface area contributed by atoms with Crippen molar-refractivity contribution in [3.05, 3.63) is 36.4 Å². The molecule has 0 amide bonds. The van der Waals surface area contributed by atoms with Crippen molar-refractivity contribution in [3.8, 4) is 11.5 Å². The van der Waals surface area contributed by atoms with E-state index in [1.807, 2.05) is 24.3 Å². The third-order valence-electron chi connectivity index (χ3n) is 3.64. The van der Waals surface area contributed by atoms with E-state index in [0.717, 1.165) is 31.7 Å². The summed E-state index contributed by atoms with van der Waals surface area (Å²) in [6.07, 6.45) is 1.31. The summed E-state index contributed by atoms with van der Waals surface area (Å²) in [4.78, 5) is 2.17. The van der Waals surface area contributed by atoms with E-state index in [9.17, 15) is 5.11 Å². The number of hydrogen-bond donors (Lipinski definition) is 2. The second-order valence-corrected chi connectivity index (χ2v) is 5.36. The molecule has 0 saturated carbocycles. The zero-order valence-corrected chi connectivity index (χ0v) is 14.5. The minimum atomic E-state index is -0.520. The SMILES string of the molecule is C=CCNCc1ccc(OCC(O)CN(CC)CC)c(OC)c1. The van der Waals surface area contributed by atoms with Gasteiger partial charge in [-0.2, -0.15) is 0 Å². The maximum Gasteiger partial charge on any atom is 0.161 e. The fourth-order valence-electron chi connectivity index (χ4n) is 2.28. The van der Waals surface area contributed by atoms with E-state index in [-0.39, 0.29) is 6.61 Å². The molecular weight excluding hydrogens is 292 g/mol. The molecule has 0 saturated heterocycles. The van der Waals surface area contributed by atoms with Crippen LogP contribution in [0.1, 0.15) is 19.4 Å². The molecule has 1 aromatic carbocycles. The van der Waals surface area contributed by atoms with Crippen LogP contribution in [0, 0.1) is 0 Å². The van der Waals surface area contributed by atoms with Crippen LogP contribution in [0.4, 0.5) is 0 Å². The van der Waals surface area contributed by atoms with E-state index < -0.39 is 6.10 Å². The Labute approximate surface area is 139 Å². The van der Waals surface area contributed by atoms with Gasteiger partial charge in [-0.3, -0.25) is 0 Å². The molecule has 1 atom stereocenters. The van der Waals surface area contributed by atoms with E-state index in [1.54, 1.807) is 7.11 Å². The maximum atomic E-state index is 10.1. The molecule has 1 aromatic rings. The summed E-state index contributed by atoms with van der Waals surface area (Å²) in [5.74, 6) is 1.33. The molecule has 23 heavy (non-hydrogen) atoms. The van der Waals surface area contributed by atoms with Gasteiger partial charge in [0.05, 0.1) is 7.11 Å². The number of nitrogens with zero attached hydrogens (tertiary/aromatic N) is 1. The summed E-state index contributed by atoms with van der Waals surface area (Å²) >= 11 is 0. The Bertz CT molecular complexity index is 462. The fourth-order valence-corrected chi connectivity index (χ4v) is 2.28. The van der Waals surface area contributed by atoms with E-state index >= 15 is 0 Å². The van der Waals surface area contributed by atoms with E-state index in [2.05, 4.69) is 30.6 Å². The van der Waals surface area contributed by atoms with Gasteiger partial charge in [-0.05, 0) is 30.8 Å². The van der Waals surface area contributed by atoms with Crippen LogP contribution in [0.5, 0.6) is 11.5 Å². The first-order valence-electron chi connectivity index (χ1n) is 8.16. The molecule has 1 rings (SSSR count). The number of aliphatic hydroxyl groups is 1. The number of benzene rings is 1. The smallest absolute Gasteiger partial charge is 0.161 e. The van der Waals surface area contributed by atoms with Crippen molar-refractivity contribution in [2.45, 2.75) is 26.5 Å². The van der Waals surface area contributed by atoms with E-state index in [4.69, 9.17) is 9.47 Å². The van der Waals surface area contributed by atoms with Crippen molar-refractivity contribution in [3.63, 3.8) is 0 Å². The van der Waals surface area contributed by atoms with Crippen LogP contribution in [0.25, 0.3) is 0 Å². The quantitative estimate of drug-likeness (QED) is 0.456. The van der Waals surface area contributed by atoms with Crippen LogP contribution in [0.15, 0.2) is 30.9 Å². The van der Waals surface area contributed by atoms with Gasteiger partial charge in [0.1, 0.15) is 12.7 Å². The molecule has 2 N–H and O–H groups in total. The Balaban J connectivity index is 2.57. The lowest BCUT2D eigenvalue weighted by atomic mass is 10.2. The molecule has 0 heterocycles. The molecule has 5 heteroatoms. The lowest BCUT2D eigenvalue weighted by Crippen LogP contribution is -2.35. The zero-order valence-electron chi connectivity index (χ0n) is 14.5. The summed E-state index contributed by atoms with van der Waals surface area (Å²) in [5.41, 5.74) is 1.11. The Morgan fingerprint density at radius 2 is 2.04 bits per heavy atom. The second-order valence-electron chi connectivity index (χ2n) is 5.36. The topological polar surface area (TPSA) is 54.0 Å². The van der Waals surface area contributed by atoms with Crippen molar-refractivity contribution < 1.29 is 14.6 Å². The van der Waals surface area contributed by atoms with Crippen molar-refractivity contribution >= 4 is 0 Å². The highest BCUT2D eigenvalue weighted by Gasteiger charge is 2.12. The van der Waals surface area contributed by atoms with Crippen LogP contribution in [0.3, 0.4) is 0 Å². The second kappa shape index (κ2) is 11.0. The maximum absolute atomic E-state index is 10.1. The van der Waals surface area contributed by atoms with Crippen molar-refractivity contribution in [2.24, 2.45) is 0 Å². The zero-order chi connectivity index (χ0) is 17.1. The number of nitrogens with one attached hydrogen (secondary N) is 1. The van der Waals surface area contributed by atoms with Crippen LogP contribution in [-0.4, -0.2) is 56.0 Å². The molecule has 0 spiro atoms. The molecule has 0 aliphatic heterocycles. The van der Waals surface area contributed by atoms with Crippen LogP contribution in [0.2, 0.25) is 0 Å². The van der Waals surface area contributed by atoms with Gasteiger partial charge in [0.25, 0.3) is 0 Å². The van der Waals surface area contributed by atoms with E-state index in [0.29, 0.717) is 18.0 Å². The molecule has 1 unspecified atom stereocenters. The Hall–Kier alpha value is -1.56. The van der Waals surface area contributed by atoms with Crippen molar-refractivity contribution in [1.82, 2.24) is 10.2 Å². The fraction of sp³-hybridized carbons (Fsp3) is 0.556. The van der Waals surface area contributed by atoms with Crippen LogP contribution in [-0.2, 0) is 6.54 Å². The molecule has 0 aliphatic rings. The first-order valence-corrected chi connectivity index (χ1v) is 8.16. The van der Waals surface area contributed by atoms with Gasteiger partial charge in [0.2, 0.25) is 0 Å². The molecule has 0 aromatic heterocycles. The summed E-state index contributed by atoms with van der Waals surface area (Å²) in [6.45, 7) is 12.1. The number of aliphatic hydroxyl groups excluding tert-OH is 1. The number of likely N-dealkylation sites (N-methyl/N-ethyl adjacent to an activating group) is 1. The van der Waals surface area contributed by atoms with Crippen molar-refractivity contribution in [1.29, 1.82) is 0 Å². The van der Waals surface area contributed by atoms with Gasteiger partial charge in [-0.1, -0.05) is 26.0 Å². The van der Waals surface area contributed by atoms with Gasteiger partial charge in [-0.25, -0.2) is 0 Å².